The topological polar surface area (TPSA) is 64.3 Å². The lowest BCUT2D eigenvalue weighted by molar-refractivity contribution is 0.0527. The van der Waals surface area contributed by atoms with E-state index in [1.165, 1.54) is 0 Å². The summed E-state index contributed by atoms with van der Waals surface area (Å²) in [6, 6.07) is 5.27. The van der Waals surface area contributed by atoms with Crippen LogP contribution in [0, 0.1) is 5.92 Å². The lowest BCUT2D eigenvalue weighted by atomic mass is 10.1. The van der Waals surface area contributed by atoms with Crippen molar-refractivity contribution in [1.82, 2.24) is 0 Å². The standard InChI is InChI=1S/C14H22N2O2/c1-4-10(3)9-16-13-11(14(17)18-5-2)7-6-8-12(13)15/h6-8,10,16H,4-5,9,15H2,1-3H3. The zero-order valence-electron chi connectivity index (χ0n) is 11.3. The van der Waals surface area contributed by atoms with E-state index in [0.717, 1.165) is 13.0 Å². The predicted molar refractivity (Wildman–Crippen MR) is 74.8 cm³/mol. The summed E-state index contributed by atoms with van der Waals surface area (Å²) in [6.07, 6.45) is 1.08. The molecule has 1 unspecified atom stereocenters. The van der Waals surface area contributed by atoms with Gasteiger partial charge in [-0.25, -0.2) is 4.79 Å². The largest absolute Gasteiger partial charge is 0.462 e. The molecule has 0 amide bonds. The third-order valence-electron chi connectivity index (χ3n) is 2.92. The van der Waals surface area contributed by atoms with Gasteiger partial charge in [0.2, 0.25) is 0 Å². The van der Waals surface area contributed by atoms with E-state index < -0.39 is 0 Å². The van der Waals surface area contributed by atoms with Gasteiger partial charge in [-0.3, -0.25) is 0 Å². The van der Waals surface area contributed by atoms with Gasteiger partial charge in [-0.05, 0) is 25.0 Å². The maximum Gasteiger partial charge on any atom is 0.340 e. The molecule has 0 fully saturated rings. The van der Waals surface area contributed by atoms with Crippen molar-refractivity contribution in [3.63, 3.8) is 0 Å². The number of carbonyl (C=O) groups excluding carboxylic acids is 1. The van der Waals surface area contributed by atoms with Crippen LogP contribution >= 0.6 is 0 Å². The predicted octanol–water partition coefficient (Wildman–Crippen LogP) is 2.90. The summed E-state index contributed by atoms with van der Waals surface area (Å²) >= 11 is 0. The molecule has 100 valence electrons. The van der Waals surface area contributed by atoms with E-state index in [4.69, 9.17) is 10.5 Å². The van der Waals surface area contributed by atoms with E-state index in [-0.39, 0.29) is 5.97 Å². The smallest absolute Gasteiger partial charge is 0.340 e. The van der Waals surface area contributed by atoms with Crippen molar-refractivity contribution < 1.29 is 9.53 Å². The molecule has 0 saturated carbocycles. The number of nitrogens with two attached hydrogens (primary N) is 1. The van der Waals surface area contributed by atoms with Gasteiger partial charge in [0.1, 0.15) is 0 Å². The number of ether oxygens (including phenoxy) is 1. The Kier molecular flexibility index (Phi) is 5.49. The first-order chi connectivity index (χ1) is 8.60. The van der Waals surface area contributed by atoms with E-state index in [1.54, 1.807) is 25.1 Å². The maximum atomic E-state index is 11.8. The summed E-state index contributed by atoms with van der Waals surface area (Å²) < 4.78 is 5.02. The number of rotatable bonds is 6. The van der Waals surface area contributed by atoms with Crippen molar-refractivity contribution in [2.45, 2.75) is 27.2 Å². The fourth-order valence-corrected chi connectivity index (χ4v) is 1.57. The summed E-state index contributed by atoms with van der Waals surface area (Å²) in [5.74, 6) is 0.191. The Morgan fingerprint density at radius 1 is 1.44 bits per heavy atom. The van der Waals surface area contributed by atoms with Crippen LogP contribution in [-0.4, -0.2) is 19.1 Å². The highest BCUT2D eigenvalue weighted by Crippen LogP contribution is 2.24. The van der Waals surface area contributed by atoms with Gasteiger partial charge in [-0.1, -0.05) is 26.3 Å². The third-order valence-corrected chi connectivity index (χ3v) is 2.92. The van der Waals surface area contributed by atoms with Crippen molar-refractivity contribution >= 4 is 17.3 Å². The Bertz CT molecular complexity index is 405. The lowest BCUT2D eigenvalue weighted by Crippen LogP contribution is -2.16. The van der Waals surface area contributed by atoms with Gasteiger partial charge in [0.15, 0.2) is 0 Å². The number of nitrogens with one attached hydrogen (secondary N) is 1. The second kappa shape index (κ2) is 6.89. The second-order valence-electron chi connectivity index (χ2n) is 4.38. The highest BCUT2D eigenvalue weighted by molar-refractivity contribution is 5.98. The molecule has 0 radical (unpaired) electrons. The van der Waals surface area contributed by atoms with Gasteiger partial charge >= 0.3 is 5.97 Å². The van der Waals surface area contributed by atoms with E-state index in [0.29, 0.717) is 29.5 Å². The van der Waals surface area contributed by atoms with Crippen LogP contribution in [0.3, 0.4) is 0 Å². The first-order valence-electron chi connectivity index (χ1n) is 6.39. The van der Waals surface area contributed by atoms with Gasteiger partial charge in [0.25, 0.3) is 0 Å². The normalized spacial score (nSPS) is 11.9. The van der Waals surface area contributed by atoms with Gasteiger partial charge < -0.3 is 15.8 Å². The minimum atomic E-state index is -0.337. The summed E-state index contributed by atoms with van der Waals surface area (Å²) in [7, 11) is 0. The van der Waals surface area contributed by atoms with Crippen LogP contribution in [0.15, 0.2) is 18.2 Å². The van der Waals surface area contributed by atoms with E-state index in [1.807, 2.05) is 0 Å². The van der Waals surface area contributed by atoms with E-state index in [9.17, 15) is 4.79 Å². The highest BCUT2D eigenvalue weighted by atomic mass is 16.5. The number of hydrogen-bond acceptors (Lipinski definition) is 4. The molecule has 0 aliphatic heterocycles. The van der Waals surface area contributed by atoms with Crippen molar-refractivity contribution in [3.8, 4) is 0 Å². The molecule has 4 heteroatoms. The number of anilines is 2. The molecule has 18 heavy (non-hydrogen) atoms. The fraction of sp³-hybridized carbons (Fsp3) is 0.500. The highest BCUT2D eigenvalue weighted by Gasteiger charge is 2.14. The van der Waals surface area contributed by atoms with Crippen LogP contribution in [0.5, 0.6) is 0 Å². The first kappa shape index (κ1) is 14.4. The van der Waals surface area contributed by atoms with Crippen LogP contribution in [0.25, 0.3) is 0 Å². The van der Waals surface area contributed by atoms with Crippen molar-refractivity contribution in [2.24, 2.45) is 5.92 Å². The first-order valence-corrected chi connectivity index (χ1v) is 6.39. The molecule has 0 bridgehead atoms. The molecule has 0 saturated heterocycles. The van der Waals surface area contributed by atoms with Crippen molar-refractivity contribution in [1.29, 1.82) is 0 Å². The molecule has 3 N–H and O–H groups in total. The molecule has 1 rings (SSSR count). The Labute approximate surface area is 109 Å². The molecular weight excluding hydrogens is 228 g/mol. The SMILES string of the molecule is CCOC(=O)c1cccc(N)c1NCC(C)CC. The van der Waals surface area contributed by atoms with Gasteiger partial charge in [0, 0.05) is 6.54 Å². The molecule has 0 aliphatic carbocycles. The summed E-state index contributed by atoms with van der Waals surface area (Å²) in [4.78, 5) is 11.8. The van der Waals surface area contributed by atoms with Crippen LogP contribution in [0.4, 0.5) is 11.4 Å². The minimum absolute atomic E-state index is 0.337. The van der Waals surface area contributed by atoms with Crippen LogP contribution in [0.1, 0.15) is 37.6 Å². The van der Waals surface area contributed by atoms with Crippen molar-refractivity contribution in [3.05, 3.63) is 23.8 Å². The van der Waals surface area contributed by atoms with E-state index in [2.05, 4.69) is 19.2 Å². The molecule has 0 aromatic heterocycles. The van der Waals surface area contributed by atoms with Crippen LogP contribution in [-0.2, 0) is 4.74 Å². The van der Waals surface area contributed by atoms with Crippen molar-refractivity contribution in [2.75, 3.05) is 24.2 Å². The molecule has 0 aliphatic rings. The van der Waals surface area contributed by atoms with Crippen LogP contribution < -0.4 is 11.1 Å². The van der Waals surface area contributed by atoms with Gasteiger partial charge in [-0.2, -0.15) is 0 Å². The number of benzene rings is 1. The molecule has 4 nitrogen and oxygen atoms in total. The monoisotopic (exact) mass is 250 g/mol. The third kappa shape index (κ3) is 3.65. The van der Waals surface area contributed by atoms with E-state index >= 15 is 0 Å². The average molecular weight is 250 g/mol. The Balaban J connectivity index is 2.90. The number of hydrogen-bond donors (Lipinski definition) is 2. The molecule has 1 atom stereocenters. The Hall–Kier alpha value is -1.71. The molecule has 1 aromatic carbocycles. The Morgan fingerprint density at radius 3 is 2.78 bits per heavy atom. The number of esters is 1. The molecular formula is C14H22N2O2. The average Bonchev–Trinajstić information content (AvgIpc) is 2.36. The number of nitrogen functional groups attached to an aromatic ring is 1. The zero-order chi connectivity index (χ0) is 13.5. The Morgan fingerprint density at radius 2 is 2.17 bits per heavy atom. The minimum Gasteiger partial charge on any atom is -0.462 e. The summed E-state index contributed by atoms with van der Waals surface area (Å²) in [6.45, 7) is 7.22. The molecule has 0 spiro atoms. The molecule has 0 heterocycles. The molecule has 1 aromatic rings. The van der Waals surface area contributed by atoms with Gasteiger partial charge in [0.05, 0.1) is 23.5 Å². The van der Waals surface area contributed by atoms with Gasteiger partial charge in [-0.15, -0.1) is 0 Å². The second-order valence-corrected chi connectivity index (χ2v) is 4.38. The fourth-order valence-electron chi connectivity index (χ4n) is 1.57. The number of carbonyl (C=O) groups is 1. The lowest BCUT2D eigenvalue weighted by Gasteiger charge is -2.16. The quantitative estimate of drug-likeness (QED) is 0.602. The zero-order valence-corrected chi connectivity index (χ0v) is 11.3. The maximum absolute atomic E-state index is 11.8. The van der Waals surface area contributed by atoms with Crippen LogP contribution in [0.2, 0.25) is 0 Å². The number of para-hydroxylation sites is 1. The summed E-state index contributed by atoms with van der Waals surface area (Å²) in [5.41, 5.74) is 7.66. The summed E-state index contributed by atoms with van der Waals surface area (Å²) in [5, 5.41) is 3.25.